The molecule has 0 saturated carbocycles. The standard InChI is InChI=1S/C13H19N3O4/c1-9(2)7-20-13(17)15-10-5-3-4-6-11(10)19-8-12(14)16-18/h3-6,9,18H,7-8H2,1-2H3,(H2,14,16)(H,15,17). The van der Waals surface area contributed by atoms with Gasteiger partial charge in [-0.25, -0.2) is 4.79 Å². The fraction of sp³-hybridized carbons (Fsp3) is 0.385. The molecule has 0 radical (unpaired) electrons. The third-order valence-electron chi connectivity index (χ3n) is 2.18. The van der Waals surface area contributed by atoms with Gasteiger partial charge in [-0.3, -0.25) is 5.32 Å². The molecule has 0 heterocycles. The van der Waals surface area contributed by atoms with E-state index in [-0.39, 0.29) is 18.4 Å². The highest BCUT2D eigenvalue weighted by molar-refractivity contribution is 5.87. The van der Waals surface area contributed by atoms with Crippen molar-refractivity contribution in [1.82, 2.24) is 0 Å². The minimum atomic E-state index is -0.557. The molecule has 20 heavy (non-hydrogen) atoms. The average molecular weight is 281 g/mol. The molecule has 0 atom stereocenters. The lowest BCUT2D eigenvalue weighted by molar-refractivity contribution is 0.147. The maximum absolute atomic E-state index is 11.6. The normalized spacial score (nSPS) is 11.2. The Morgan fingerprint density at radius 3 is 2.80 bits per heavy atom. The fourth-order valence-electron chi connectivity index (χ4n) is 1.26. The van der Waals surface area contributed by atoms with Crippen LogP contribution in [0.5, 0.6) is 5.75 Å². The molecule has 0 saturated heterocycles. The quantitative estimate of drug-likeness (QED) is 0.320. The van der Waals surface area contributed by atoms with Gasteiger partial charge in [0.25, 0.3) is 0 Å². The van der Waals surface area contributed by atoms with Crippen molar-refractivity contribution in [3.05, 3.63) is 24.3 Å². The minimum absolute atomic E-state index is 0.0674. The first-order valence-electron chi connectivity index (χ1n) is 6.15. The van der Waals surface area contributed by atoms with Crippen LogP contribution >= 0.6 is 0 Å². The fourth-order valence-corrected chi connectivity index (χ4v) is 1.26. The van der Waals surface area contributed by atoms with E-state index in [0.717, 1.165) is 0 Å². The van der Waals surface area contributed by atoms with Gasteiger partial charge in [0, 0.05) is 0 Å². The van der Waals surface area contributed by atoms with Crippen molar-refractivity contribution in [2.75, 3.05) is 18.5 Å². The van der Waals surface area contributed by atoms with Gasteiger partial charge in [0.2, 0.25) is 0 Å². The number of anilines is 1. The number of ether oxygens (including phenoxy) is 2. The van der Waals surface area contributed by atoms with Gasteiger partial charge in [0.05, 0.1) is 12.3 Å². The summed E-state index contributed by atoms with van der Waals surface area (Å²) in [5, 5.41) is 13.8. The molecule has 0 unspecified atom stereocenters. The first-order chi connectivity index (χ1) is 9.52. The predicted octanol–water partition coefficient (Wildman–Crippen LogP) is 2.02. The summed E-state index contributed by atoms with van der Waals surface area (Å²) in [7, 11) is 0. The molecule has 1 aromatic rings. The van der Waals surface area contributed by atoms with Crippen molar-refractivity contribution < 1.29 is 19.5 Å². The maximum Gasteiger partial charge on any atom is 0.411 e. The summed E-state index contributed by atoms with van der Waals surface area (Å²) in [4.78, 5) is 11.6. The van der Waals surface area contributed by atoms with E-state index in [1.54, 1.807) is 24.3 Å². The molecule has 0 bridgehead atoms. The zero-order valence-electron chi connectivity index (χ0n) is 11.5. The topological polar surface area (TPSA) is 106 Å². The van der Waals surface area contributed by atoms with E-state index >= 15 is 0 Å². The van der Waals surface area contributed by atoms with Crippen molar-refractivity contribution in [2.24, 2.45) is 16.8 Å². The first-order valence-corrected chi connectivity index (χ1v) is 6.15. The Labute approximate surface area is 117 Å². The third kappa shape index (κ3) is 5.47. The monoisotopic (exact) mass is 281 g/mol. The summed E-state index contributed by atoms with van der Waals surface area (Å²) in [6.45, 7) is 4.14. The number of amides is 1. The highest BCUT2D eigenvalue weighted by Gasteiger charge is 2.09. The van der Waals surface area contributed by atoms with E-state index in [2.05, 4.69) is 10.5 Å². The van der Waals surface area contributed by atoms with E-state index in [1.807, 2.05) is 13.8 Å². The lowest BCUT2D eigenvalue weighted by Gasteiger charge is -2.12. The van der Waals surface area contributed by atoms with E-state index in [0.29, 0.717) is 18.0 Å². The number of nitrogens with two attached hydrogens (primary N) is 1. The number of hydrogen-bond donors (Lipinski definition) is 3. The van der Waals surface area contributed by atoms with Crippen LogP contribution in [0.15, 0.2) is 29.4 Å². The molecule has 0 aromatic heterocycles. The largest absolute Gasteiger partial charge is 0.483 e. The second-order valence-electron chi connectivity index (χ2n) is 4.49. The molecule has 1 amide bonds. The van der Waals surface area contributed by atoms with Crippen molar-refractivity contribution in [3.8, 4) is 5.75 Å². The van der Waals surface area contributed by atoms with Crippen LogP contribution in [0, 0.1) is 5.92 Å². The van der Waals surface area contributed by atoms with Crippen LogP contribution in [0.25, 0.3) is 0 Å². The van der Waals surface area contributed by atoms with Crippen molar-refractivity contribution in [3.63, 3.8) is 0 Å². The molecule has 4 N–H and O–H groups in total. The van der Waals surface area contributed by atoms with E-state index in [1.165, 1.54) is 0 Å². The third-order valence-corrected chi connectivity index (χ3v) is 2.18. The Morgan fingerprint density at radius 1 is 1.45 bits per heavy atom. The number of benzene rings is 1. The van der Waals surface area contributed by atoms with Gasteiger partial charge in [-0.1, -0.05) is 31.1 Å². The summed E-state index contributed by atoms with van der Waals surface area (Å²) >= 11 is 0. The summed E-state index contributed by atoms with van der Waals surface area (Å²) in [5.41, 5.74) is 5.77. The number of hydrogen-bond acceptors (Lipinski definition) is 5. The Hall–Kier alpha value is -2.44. The number of carbonyl (C=O) groups excluding carboxylic acids is 1. The van der Waals surface area contributed by atoms with Crippen LogP contribution < -0.4 is 15.8 Å². The first kappa shape index (κ1) is 15.6. The highest BCUT2D eigenvalue weighted by atomic mass is 16.5. The van der Waals surface area contributed by atoms with Crippen LogP contribution in [0.3, 0.4) is 0 Å². The average Bonchev–Trinajstić information content (AvgIpc) is 2.43. The number of rotatable bonds is 6. The summed E-state index contributed by atoms with van der Waals surface area (Å²) < 4.78 is 10.3. The van der Waals surface area contributed by atoms with Gasteiger partial charge in [0.1, 0.15) is 12.4 Å². The lowest BCUT2D eigenvalue weighted by Crippen LogP contribution is -2.22. The smallest absolute Gasteiger partial charge is 0.411 e. The molecule has 1 aromatic carbocycles. The van der Waals surface area contributed by atoms with Gasteiger partial charge < -0.3 is 20.4 Å². The zero-order chi connectivity index (χ0) is 15.0. The zero-order valence-corrected chi connectivity index (χ0v) is 11.5. The number of oxime groups is 1. The molecule has 110 valence electrons. The molecule has 0 spiro atoms. The molecule has 1 rings (SSSR count). The summed E-state index contributed by atoms with van der Waals surface area (Å²) in [6, 6.07) is 6.81. The molecule has 0 aliphatic heterocycles. The van der Waals surface area contributed by atoms with Gasteiger partial charge in [-0.15, -0.1) is 0 Å². The Morgan fingerprint density at radius 2 is 2.15 bits per heavy atom. The predicted molar refractivity (Wildman–Crippen MR) is 75.2 cm³/mol. The highest BCUT2D eigenvalue weighted by Crippen LogP contribution is 2.23. The van der Waals surface area contributed by atoms with Gasteiger partial charge >= 0.3 is 6.09 Å². The Kier molecular flexibility index (Phi) is 6.15. The molecular weight excluding hydrogens is 262 g/mol. The Balaban J connectivity index is 2.63. The van der Waals surface area contributed by atoms with Crippen molar-refractivity contribution in [1.29, 1.82) is 0 Å². The van der Waals surface area contributed by atoms with Gasteiger partial charge in [-0.05, 0) is 18.1 Å². The number of para-hydroxylation sites is 2. The number of amidine groups is 1. The second kappa shape index (κ2) is 7.88. The molecule has 0 aliphatic carbocycles. The number of carbonyl (C=O) groups is 1. The SMILES string of the molecule is CC(C)COC(=O)Nc1ccccc1OC/C(N)=N/O. The molecule has 7 heteroatoms. The van der Waals surface area contributed by atoms with Crippen LogP contribution in [0.1, 0.15) is 13.8 Å². The van der Waals surface area contributed by atoms with Gasteiger partial charge in [0.15, 0.2) is 5.84 Å². The van der Waals surface area contributed by atoms with Crippen molar-refractivity contribution >= 4 is 17.6 Å². The number of nitrogens with zero attached hydrogens (tertiary/aromatic N) is 1. The van der Waals surface area contributed by atoms with E-state index in [4.69, 9.17) is 20.4 Å². The van der Waals surface area contributed by atoms with Crippen LogP contribution in [0.2, 0.25) is 0 Å². The minimum Gasteiger partial charge on any atom is -0.483 e. The molecular formula is C13H19N3O4. The summed E-state index contributed by atoms with van der Waals surface area (Å²) in [5.74, 6) is 0.593. The second-order valence-corrected chi connectivity index (χ2v) is 4.49. The molecule has 0 fully saturated rings. The van der Waals surface area contributed by atoms with Crippen molar-refractivity contribution in [2.45, 2.75) is 13.8 Å². The summed E-state index contributed by atoms with van der Waals surface area (Å²) in [6.07, 6.45) is -0.557. The van der Waals surface area contributed by atoms with Crippen LogP contribution in [-0.4, -0.2) is 30.3 Å². The lowest BCUT2D eigenvalue weighted by atomic mass is 10.2. The van der Waals surface area contributed by atoms with Crippen LogP contribution in [-0.2, 0) is 4.74 Å². The maximum atomic E-state index is 11.6. The number of nitrogens with one attached hydrogen (secondary N) is 1. The van der Waals surface area contributed by atoms with Crippen LogP contribution in [0.4, 0.5) is 10.5 Å². The van der Waals surface area contributed by atoms with E-state index < -0.39 is 6.09 Å². The Bertz CT molecular complexity index is 474. The molecule has 0 aliphatic rings. The van der Waals surface area contributed by atoms with Gasteiger partial charge in [-0.2, -0.15) is 0 Å². The van der Waals surface area contributed by atoms with E-state index in [9.17, 15) is 4.79 Å². The molecule has 7 nitrogen and oxygen atoms in total.